The Balaban J connectivity index is 2.14. The van der Waals surface area contributed by atoms with Crippen LogP contribution in [-0.4, -0.2) is 11.6 Å². The average Bonchev–Trinajstić information content (AvgIpc) is 2.93. The van der Waals surface area contributed by atoms with Gasteiger partial charge in [-0.3, -0.25) is 4.98 Å². The van der Waals surface area contributed by atoms with Gasteiger partial charge in [-0.1, -0.05) is 13.0 Å². The van der Waals surface area contributed by atoms with Crippen molar-refractivity contribution in [1.29, 1.82) is 0 Å². The minimum absolute atomic E-state index is 0.235. The van der Waals surface area contributed by atoms with E-state index in [9.17, 15) is 0 Å². The molecule has 0 fully saturated rings. The van der Waals surface area contributed by atoms with Crippen LogP contribution in [0.15, 0.2) is 29.9 Å². The van der Waals surface area contributed by atoms with Crippen molar-refractivity contribution in [2.24, 2.45) is 0 Å². The number of anilines is 1. The first-order valence-corrected chi connectivity index (χ1v) is 7.47. The van der Waals surface area contributed by atoms with Crippen LogP contribution in [-0.2, 0) is 0 Å². The van der Waals surface area contributed by atoms with Crippen LogP contribution < -0.4 is 10.1 Å². The maximum absolute atomic E-state index is 5.81. The predicted molar refractivity (Wildman–Crippen MR) is 81.1 cm³/mol. The van der Waals surface area contributed by atoms with E-state index in [1.54, 1.807) is 11.3 Å². The van der Waals surface area contributed by atoms with E-state index in [2.05, 4.69) is 49.3 Å². The van der Waals surface area contributed by atoms with Crippen molar-refractivity contribution >= 4 is 17.0 Å². The van der Waals surface area contributed by atoms with Gasteiger partial charge in [-0.25, -0.2) is 0 Å². The van der Waals surface area contributed by atoms with E-state index in [0.29, 0.717) is 0 Å². The van der Waals surface area contributed by atoms with Gasteiger partial charge in [0.25, 0.3) is 0 Å². The molecule has 1 N–H and O–H groups in total. The lowest BCUT2D eigenvalue weighted by Crippen LogP contribution is -2.07. The number of aromatic nitrogens is 1. The smallest absolute Gasteiger partial charge is 0.142 e. The molecule has 0 saturated carbocycles. The van der Waals surface area contributed by atoms with Crippen LogP contribution >= 0.6 is 11.3 Å². The summed E-state index contributed by atoms with van der Waals surface area (Å²) in [6.07, 6.45) is 2.92. The largest absolute Gasteiger partial charge is 0.491 e. The van der Waals surface area contributed by atoms with Gasteiger partial charge in [0, 0.05) is 11.1 Å². The van der Waals surface area contributed by atoms with Gasteiger partial charge in [-0.2, -0.15) is 0 Å². The van der Waals surface area contributed by atoms with Crippen LogP contribution in [0.3, 0.4) is 0 Å². The Morgan fingerprint density at radius 1 is 1.42 bits per heavy atom. The molecular formula is C15H20N2OS. The fourth-order valence-corrected chi connectivity index (χ4v) is 2.45. The monoisotopic (exact) mass is 276 g/mol. The van der Waals surface area contributed by atoms with E-state index in [1.165, 1.54) is 10.4 Å². The molecule has 1 heterocycles. The highest BCUT2D eigenvalue weighted by atomic mass is 32.1. The van der Waals surface area contributed by atoms with E-state index in [4.69, 9.17) is 4.74 Å². The molecule has 0 saturated heterocycles. The summed E-state index contributed by atoms with van der Waals surface area (Å²) in [4.78, 5) is 5.34. The molecule has 0 spiro atoms. The highest BCUT2D eigenvalue weighted by Gasteiger charge is 2.10. The number of thiazole rings is 1. The van der Waals surface area contributed by atoms with Gasteiger partial charge < -0.3 is 10.1 Å². The van der Waals surface area contributed by atoms with Crippen LogP contribution in [0.25, 0.3) is 0 Å². The molecule has 0 aliphatic heterocycles. The molecule has 0 radical (unpaired) electrons. The van der Waals surface area contributed by atoms with Crippen LogP contribution in [0.5, 0.6) is 5.75 Å². The molecule has 0 aliphatic rings. The SMILES string of the molecule is CCCOc1cc(C)ccc1NC(C)c1cncs1. The van der Waals surface area contributed by atoms with Crippen LogP contribution in [0.4, 0.5) is 5.69 Å². The van der Waals surface area contributed by atoms with Gasteiger partial charge >= 0.3 is 0 Å². The van der Waals surface area contributed by atoms with E-state index >= 15 is 0 Å². The zero-order valence-electron chi connectivity index (χ0n) is 11.6. The van der Waals surface area contributed by atoms with E-state index in [-0.39, 0.29) is 6.04 Å². The zero-order chi connectivity index (χ0) is 13.7. The fraction of sp³-hybridized carbons (Fsp3) is 0.400. The molecule has 2 aromatic rings. The summed E-state index contributed by atoms with van der Waals surface area (Å²) in [5, 5.41) is 3.49. The minimum atomic E-state index is 0.235. The molecule has 0 amide bonds. The number of nitrogens with one attached hydrogen (secondary N) is 1. The van der Waals surface area contributed by atoms with Crippen molar-refractivity contribution < 1.29 is 4.74 Å². The van der Waals surface area contributed by atoms with Gasteiger partial charge in [0.15, 0.2) is 0 Å². The third-order valence-electron chi connectivity index (χ3n) is 2.85. The maximum atomic E-state index is 5.81. The first-order valence-electron chi connectivity index (χ1n) is 6.59. The normalized spacial score (nSPS) is 12.2. The lowest BCUT2D eigenvalue weighted by atomic mass is 10.2. The Morgan fingerprint density at radius 2 is 2.26 bits per heavy atom. The first kappa shape index (κ1) is 13.9. The molecule has 2 rings (SSSR count). The van der Waals surface area contributed by atoms with Crippen molar-refractivity contribution in [3.05, 3.63) is 40.3 Å². The zero-order valence-corrected chi connectivity index (χ0v) is 12.5. The Bertz CT molecular complexity index is 511. The maximum Gasteiger partial charge on any atom is 0.142 e. The number of aryl methyl sites for hydroxylation is 1. The minimum Gasteiger partial charge on any atom is -0.491 e. The van der Waals surface area contributed by atoms with Crippen molar-refractivity contribution in [3.8, 4) is 5.75 Å². The fourth-order valence-electron chi connectivity index (χ4n) is 1.82. The average molecular weight is 276 g/mol. The Morgan fingerprint density at radius 3 is 2.95 bits per heavy atom. The molecule has 1 unspecified atom stereocenters. The van der Waals surface area contributed by atoms with Crippen molar-refractivity contribution in [3.63, 3.8) is 0 Å². The van der Waals surface area contributed by atoms with Crippen LogP contribution in [0, 0.1) is 6.92 Å². The highest BCUT2D eigenvalue weighted by molar-refractivity contribution is 7.09. The second-order valence-electron chi connectivity index (χ2n) is 4.62. The van der Waals surface area contributed by atoms with Crippen molar-refractivity contribution in [2.45, 2.75) is 33.2 Å². The molecule has 4 heteroatoms. The number of hydrogen-bond acceptors (Lipinski definition) is 4. The lowest BCUT2D eigenvalue weighted by Gasteiger charge is -2.17. The van der Waals surface area contributed by atoms with Gasteiger partial charge in [0.05, 0.1) is 23.8 Å². The summed E-state index contributed by atoms with van der Waals surface area (Å²) < 4.78 is 5.81. The summed E-state index contributed by atoms with van der Waals surface area (Å²) in [5.41, 5.74) is 4.11. The van der Waals surface area contributed by atoms with Crippen LogP contribution in [0.2, 0.25) is 0 Å². The number of hydrogen-bond donors (Lipinski definition) is 1. The third-order valence-corrected chi connectivity index (χ3v) is 3.81. The summed E-state index contributed by atoms with van der Waals surface area (Å²) in [5.74, 6) is 0.929. The molecule has 1 aromatic heterocycles. The van der Waals surface area contributed by atoms with Crippen LogP contribution in [0.1, 0.15) is 36.8 Å². The Labute approximate surface area is 118 Å². The molecule has 1 atom stereocenters. The first-order chi connectivity index (χ1) is 9.20. The van der Waals surface area contributed by atoms with Crippen molar-refractivity contribution in [2.75, 3.05) is 11.9 Å². The Hall–Kier alpha value is -1.55. The summed E-state index contributed by atoms with van der Waals surface area (Å²) in [7, 11) is 0. The standard InChI is InChI=1S/C15H20N2OS/c1-4-7-18-14-8-11(2)5-6-13(14)17-12(3)15-9-16-10-19-15/h5-6,8-10,12,17H,4,7H2,1-3H3. The Kier molecular flexibility index (Phi) is 4.80. The number of rotatable bonds is 6. The molecule has 102 valence electrons. The summed E-state index contributed by atoms with van der Waals surface area (Å²) >= 11 is 1.66. The van der Waals surface area contributed by atoms with E-state index < -0.39 is 0 Å². The number of ether oxygens (including phenoxy) is 1. The second kappa shape index (κ2) is 6.57. The van der Waals surface area contributed by atoms with Gasteiger partial charge in [-0.05, 0) is 38.0 Å². The van der Waals surface area contributed by atoms with Crippen molar-refractivity contribution in [1.82, 2.24) is 4.98 Å². The summed E-state index contributed by atoms with van der Waals surface area (Å²) in [6, 6.07) is 6.50. The molecular weight excluding hydrogens is 256 g/mol. The van der Waals surface area contributed by atoms with Gasteiger partial charge in [-0.15, -0.1) is 11.3 Å². The predicted octanol–water partition coefficient (Wildman–Crippen LogP) is 4.41. The molecule has 0 bridgehead atoms. The molecule has 3 nitrogen and oxygen atoms in total. The van der Waals surface area contributed by atoms with Gasteiger partial charge in [0.2, 0.25) is 0 Å². The second-order valence-corrected chi connectivity index (χ2v) is 5.54. The number of nitrogens with zero attached hydrogens (tertiary/aromatic N) is 1. The molecule has 19 heavy (non-hydrogen) atoms. The lowest BCUT2D eigenvalue weighted by molar-refractivity contribution is 0.318. The molecule has 1 aromatic carbocycles. The quantitative estimate of drug-likeness (QED) is 0.848. The summed E-state index contributed by atoms with van der Waals surface area (Å²) in [6.45, 7) is 7.07. The third kappa shape index (κ3) is 3.70. The number of benzene rings is 1. The topological polar surface area (TPSA) is 34.1 Å². The van der Waals surface area contributed by atoms with E-state index in [0.717, 1.165) is 24.5 Å². The highest BCUT2D eigenvalue weighted by Crippen LogP contribution is 2.30. The van der Waals surface area contributed by atoms with Gasteiger partial charge in [0.1, 0.15) is 5.75 Å². The molecule has 0 aliphatic carbocycles. The van der Waals surface area contributed by atoms with E-state index in [1.807, 2.05) is 11.7 Å².